The first-order chi connectivity index (χ1) is 10.1. The van der Waals surface area contributed by atoms with E-state index in [1.165, 1.54) is 17.3 Å². The van der Waals surface area contributed by atoms with E-state index in [1.54, 1.807) is 18.2 Å². The fourth-order valence-corrected chi connectivity index (χ4v) is 2.58. The summed E-state index contributed by atoms with van der Waals surface area (Å²) in [6.07, 6.45) is 7.24. The Morgan fingerprint density at radius 1 is 1.43 bits per heavy atom. The van der Waals surface area contributed by atoms with Gasteiger partial charge < -0.3 is 11.1 Å². The lowest BCUT2D eigenvalue weighted by Crippen LogP contribution is -2.24. The molecule has 1 aromatic heterocycles. The van der Waals surface area contributed by atoms with E-state index >= 15 is 0 Å². The monoisotopic (exact) mass is 303 g/mol. The van der Waals surface area contributed by atoms with Crippen LogP contribution in [-0.2, 0) is 4.79 Å². The summed E-state index contributed by atoms with van der Waals surface area (Å²) in [5, 5.41) is 7.43. The van der Waals surface area contributed by atoms with Gasteiger partial charge in [-0.05, 0) is 18.6 Å². The smallest absolute Gasteiger partial charge is 0.231 e. The molecule has 6 nitrogen and oxygen atoms in total. The molecule has 7 heteroatoms. The van der Waals surface area contributed by atoms with Crippen molar-refractivity contribution in [2.45, 2.75) is 12.5 Å². The molecule has 108 valence electrons. The highest BCUT2D eigenvalue weighted by Gasteiger charge is 2.23. The average Bonchev–Trinajstić information content (AvgIpc) is 3.10. The Bertz CT molecular complexity index is 683. The average molecular weight is 304 g/mol. The number of carbonyl (C=O) groups is 1. The van der Waals surface area contributed by atoms with Gasteiger partial charge in [0.05, 0.1) is 16.6 Å². The molecule has 0 radical (unpaired) electrons. The van der Waals surface area contributed by atoms with E-state index in [0.717, 1.165) is 0 Å². The van der Waals surface area contributed by atoms with Gasteiger partial charge >= 0.3 is 0 Å². The second-order valence-electron chi connectivity index (χ2n) is 4.86. The SMILES string of the molecule is NC1C=CC(C(=O)Nc2cccc(Cl)c2-n2cncn2)C1. The zero-order valence-corrected chi connectivity index (χ0v) is 11.9. The molecule has 2 unspecified atom stereocenters. The largest absolute Gasteiger partial charge is 0.324 e. The highest BCUT2D eigenvalue weighted by Crippen LogP contribution is 2.29. The number of para-hydroxylation sites is 1. The van der Waals surface area contributed by atoms with Crippen molar-refractivity contribution < 1.29 is 4.79 Å². The lowest BCUT2D eigenvalue weighted by molar-refractivity contribution is -0.118. The molecule has 0 saturated carbocycles. The number of halogens is 1. The number of aromatic nitrogens is 3. The molecule has 0 saturated heterocycles. The van der Waals surface area contributed by atoms with Crippen molar-refractivity contribution in [1.29, 1.82) is 0 Å². The predicted octanol–water partition coefficient (Wildman–Crippen LogP) is 1.76. The molecule has 0 aliphatic heterocycles. The van der Waals surface area contributed by atoms with E-state index < -0.39 is 0 Å². The van der Waals surface area contributed by atoms with Gasteiger partial charge in [-0.15, -0.1) is 0 Å². The van der Waals surface area contributed by atoms with E-state index in [4.69, 9.17) is 17.3 Å². The minimum Gasteiger partial charge on any atom is -0.324 e. The number of nitrogens with two attached hydrogens (primary N) is 1. The maximum Gasteiger partial charge on any atom is 0.231 e. The van der Waals surface area contributed by atoms with Crippen molar-refractivity contribution in [3.8, 4) is 5.69 Å². The highest BCUT2D eigenvalue weighted by molar-refractivity contribution is 6.33. The number of benzene rings is 1. The van der Waals surface area contributed by atoms with Crippen molar-refractivity contribution in [3.63, 3.8) is 0 Å². The first-order valence-corrected chi connectivity index (χ1v) is 6.91. The van der Waals surface area contributed by atoms with E-state index in [0.29, 0.717) is 22.8 Å². The number of hydrogen-bond donors (Lipinski definition) is 2. The lowest BCUT2D eigenvalue weighted by atomic mass is 10.1. The summed E-state index contributed by atoms with van der Waals surface area (Å²) in [4.78, 5) is 16.2. The van der Waals surface area contributed by atoms with Crippen molar-refractivity contribution in [2.75, 3.05) is 5.32 Å². The van der Waals surface area contributed by atoms with Crippen molar-refractivity contribution in [2.24, 2.45) is 11.7 Å². The van der Waals surface area contributed by atoms with Crippen LogP contribution in [0.25, 0.3) is 5.69 Å². The van der Waals surface area contributed by atoms with E-state index in [1.807, 2.05) is 12.2 Å². The number of anilines is 1. The minimum atomic E-state index is -0.220. The zero-order chi connectivity index (χ0) is 14.8. The summed E-state index contributed by atoms with van der Waals surface area (Å²) in [7, 11) is 0. The molecule has 1 amide bonds. The number of rotatable bonds is 3. The van der Waals surface area contributed by atoms with Crippen molar-refractivity contribution >= 4 is 23.2 Å². The van der Waals surface area contributed by atoms with E-state index in [9.17, 15) is 4.79 Å². The summed E-state index contributed by atoms with van der Waals surface area (Å²) >= 11 is 6.21. The molecule has 1 heterocycles. The van der Waals surface area contributed by atoms with Gasteiger partial charge in [-0.25, -0.2) is 9.67 Å². The molecular weight excluding hydrogens is 290 g/mol. The van der Waals surface area contributed by atoms with Crippen molar-refractivity contribution in [3.05, 3.63) is 48.0 Å². The van der Waals surface area contributed by atoms with Crippen LogP contribution in [0.1, 0.15) is 6.42 Å². The Morgan fingerprint density at radius 2 is 2.29 bits per heavy atom. The Kier molecular flexibility index (Phi) is 3.72. The minimum absolute atomic E-state index is 0.0603. The molecule has 2 aromatic rings. The van der Waals surface area contributed by atoms with Crippen LogP contribution in [0.5, 0.6) is 0 Å². The molecule has 3 N–H and O–H groups in total. The molecule has 1 aromatic carbocycles. The number of nitrogens with one attached hydrogen (secondary N) is 1. The number of nitrogens with zero attached hydrogens (tertiary/aromatic N) is 3. The molecule has 2 atom stereocenters. The zero-order valence-electron chi connectivity index (χ0n) is 11.1. The quantitative estimate of drug-likeness (QED) is 0.846. The van der Waals surface area contributed by atoms with Crippen LogP contribution in [0.15, 0.2) is 43.0 Å². The van der Waals surface area contributed by atoms with Gasteiger partial charge in [0.1, 0.15) is 18.3 Å². The number of carbonyl (C=O) groups excluding carboxylic acids is 1. The topological polar surface area (TPSA) is 85.8 Å². The summed E-state index contributed by atoms with van der Waals surface area (Å²) in [6, 6.07) is 5.23. The summed E-state index contributed by atoms with van der Waals surface area (Å²) < 4.78 is 1.52. The maximum absolute atomic E-state index is 12.3. The Morgan fingerprint density at radius 3 is 2.95 bits per heavy atom. The van der Waals surface area contributed by atoms with Gasteiger partial charge in [0.25, 0.3) is 0 Å². The first kappa shape index (κ1) is 13.8. The molecule has 1 aliphatic rings. The molecule has 1 aliphatic carbocycles. The highest BCUT2D eigenvalue weighted by atomic mass is 35.5. The molecular formula is C14H14ClN5O. The van der Waals surface area contributed by atoms with Crippen LogP contribution in [-0.4, -0.2) is 26.7 Å². The number of amides is 1. The van der Waals surface area contributed by atoms with Gasteiger partial charge in [0.2, 0.25) is 5.91 Å². The van der Waals surface area contributed by atoms with Crippen LogP contribution in [0.2, 0.25) is 5.02 Å². The van der Waals surface area contributed by atoms with Gasteiger partial charge in [0.15, 0.2) is 0 Å². The van der Waals surface area contributed by atoms with Gasteiger partial charge in [-0.2, -0.15) is 5.10 Å². The summed E-state index contributed by atoms with van der Waals surface area (Å²) in [5.74, 6) is -0.328. The van der Waals surface area contributed by atoms with Gasteiger partial charge in [-0.3, -0.25) is 4.79 Å². The molecule has 21 heavy (non-hydrogen) atoms. The van der Waals surface area contributed by atoms with Crippen LogP contribution < -0.4 is 11.1 Å². The molecule has 0 bridgehead atoms. The second-order valence-corrected chi connectivity index (χ2v) is 5.26. The third-order valence-corrected chi connectivity index (χ3v) is 3.65. The molecule has 0 fully saturated rings. The second kappa shape index (κ2) is 5.67. The Hall–Kier alpha value is -2.18. The third kappa shape index (κ3) is 2.81. The number of hydrogen-bond acceptors (Lipinski definition) is 4. The van der Waals surface area contributed by atoms with Crippen LogP contribution >= 0.6 is 11.6 Å². The Balaban J connectivity index is 1.88. The standard InChI is InChI=1S/C14H14ClN5O/c15-11-2-1-3-12(13(11)20-8-17-7-18-20)19-14(21)9-4-5-10(16)6-9/h1-5,7-10H,6,16H2,(H,19,21). The Labute approximate surface area is 126 Å². The van der Waals surface area contributed by atoms with Crippen molar-refractivity contribution in [1.82, 2.24) is 14.8 Å². The maximum atomic E-state index is 12.3. The third-order valence-electron chi connectivity index (χ3n) is 3.35. The lowest BCUT2D eigenvalue weighted by Gasteiger charge is -2.14. The normalized spacial score (nSPS) is 20.7. The van der Waals surface area contributed by atoms with E-state index in [-0.39, 0.29) is 17.9 Å². The molecule has 3 rings (SSSR count). The fourth-order valence-electron chi connectivity index (χ4n) is 2.32. The van der Waals surface area contributed by atoms with Gasteiger partial charge in [-0.1, -0.05) is 29.8 Å². The van der Waals surface area contributed by atoms with Crippen LogP contribution in [0.4, 0.5) is 5.69 Å². The predicted molar refractivity (Wildman–Crippen MR) is 80.2 cm³/mol. The summed E-state index contributed by atoms with van der Waals surface area (Å²) in [5.41, 5.74) is 6.96. The van der Waals surface area contributed by atoms with Gasteiger partial charge in [0, 0.05) is 6.04 Å². The van der Waals surface area contributed by atoms with Crippen LogP contribution in [0.3, 0.4) is 0 Å². The van der Waals surface area contributed by atoms with E-state index in [2.05, 4.69) is 15.4 Å². The fraction of sp³-hybridized carbons (Fsp3) is 0.214. The van der Waals surface area contributed by atoms with Crippen LogP contribution in [0, 0.1) is 5.92 Å². The molecule has 0 spiro atoms. The first-order valence-electron chi connectivity index (χ1n) is 6.53. The summed E-state index contributed by atoms with van der Waals surface area (Å²) in [6.45, 7) is 0.